The van der Waals surface area contributed by atoms with Gasteiger partial charge in [0, 0.05) is 0 Å². The summed E-state index contributed by atoms with van der Waals surface area (Å²) in [6, 6.07) is 146. The fraction of sp³-hybridized carbons (Fsp3) is 0.150. The van der Waals surface area contributed by atoms with Gasteiger partial charge in [-0.25, -0.2) is 0 Å². The van der Waals surface area contributed by atoms with Crippen LogP contribution in [0.5, 0.6) is 0 Å². The molecule has 0 aliphatic heterocycles. The van der Waals surface area contributed by atoms with E-state index in [0.717, 1.165) is 0 Å². The summed E-state index contributed by atoms with van der Waals surface area (Å²) in [5.74, 6) is 0. The van der Waals surface area contributed by atoms with Crippen molar-refractivity contribution < 1.29 is 0 Å². The van der Waals surface area contributed by atoms with Gasteiger partial charge in [0.05, 0.1) is 0 Å². The lowest BCUT2D eigenvalue weighted by Gasteiger charge is -2.19. The van der Waals surface area contributed by atoms with Crippen LogP contribution < -0.4 is 0 Å². The highest BCUT2D eigenvalue weighted by molar-refractivity contribution is 6.27. The molecular formula is C120H120. The first-order chi connectivity index (χ1) is 59.6. The number of hydrogen-bond acceptors (Lipinski definition) is 0. The predicted octanol–water partition coefficient (Wildman–Crippen LogP) is 38.1. The molecule has 0 aromatic heterocycles. The standard InChI is InChI=1S/3C34H22.9C2H6/c1-3-15-25-23(11-1)13-9-21-27(25)33-29-17-5-7-19-31(29)34(32-20-8-6-18-30(32)33)28-22-10-14-24-12-2-4-16-26(24)28;1-3-11-25-21-27(19-17-23(25)9-1)33-29-13-5-7-15-31(29)34(32-16-8-6-14-30(32)33)28-20-18-24-10-2-4-12-26(24)22-28;1-2-12-25-22-26(21-20-23(25)10-1)33-29-15-5-7-17-31(29)34(32-18-8-6-16-30(32)33)28-19-9-13-24-11-3-4-14-27(24)28;9*1-2/h3*1-22H;9*1-2H3. The van der Waals surface area contributed by atoms with Crippen LogP contribution in [0.15, 0.2) is 400 Å². The van der Waals surface area contributed by atoms with Crippen molar-refractivity contribution in [2.24, 2.45) is 0 Å². The van der Waals surface area contributed by atoms with Gasteiger partial charge in [0.1, 0.15) is 0 Å². The summed E-state index contributed by atoms with van der Waals surface area (Å²) in [5, 5.41) is 30.8. The smallest absolute Gasteiger partial charge is 0.00201 e. The Morgan fingerprint density at radius 1 is 0.100 bits per heavy atom. The average Bonchev–Trinajstić information content (AvgIpc) is 0.732. The maximum absolute atomic E-state index is 2.33. The molecule has 0 saturated carbocycles. The van der Waals surface area contributed by atoms with Gasteiger partial charge in [-0.2, -0.15) is 0 Å². The Hall–Kier alpha value is -13.3. The second-order valence-corrected chi connectivity index (χ2v) is 26.8. The summed E-state index contributed by atoms with van der Waals surface area (Å²) in [4.78, 5) is 0. The van der Waals surface area contributed by atoms with Gasteiger partial charge in [-0.3, -0.25) is 0 Å². The zero-order valence-corrected chi connectivity index (χ0v) is 74.1. The van der Waals surface area contributed by atoms with Crippen molar-refractivity contribution in [2.75, 3.05) is 0 Å². The van der Waals surface area contributed by atoms with Gasteiger partial charge in [0.2, 0.25) is 0 Å². The Labute approximate surface area is 716 Å². The van der Waals surface area contributed by atoms with Gasteiger partial charge >= 0.3 is 0 Å². The molecule has 0 radical (unpaired) electrons. The largest absolute Gasteiger partial charge is 0.0683 e. The molecule has 21 rings (SSSR count). The van der Waals surface area contributed by atoms with Crippen molar-refractivity contribution in [1.29, 1.82) is 0 Å². The van der Waals surface area contributed by atoms with Crippen LogP contribution in [0.1, 0.15) is 125 Å². The summed E-state index contributed by atoms with van der Waals surface area (Å²) in [5.41, 5.74) is 15.5. The Bertz CT molecular complexity index is 6410. The van der Waals surface area contributed by atoms with E-state index in [9.17, 15) is 0 Å². The zero-order valence-electron chi connectivity index (χ0n) is 74.1. The Morgan fingerprint density at radius 3 is 0.433 bits per heavy atom. The topological polar surface area (TPSA) is 0 Å². The van der Waals surface area contributed by atoms with Crippen LogP contribution in [0.3, 0.4) is 0 Å². The second kappa shape index (κ2) is 44.9. The normalized spacial score (nSPS) is 10.2. The molecule has 0 aliphatic carbocycles. The SMILES string of the molecule is CC.CC.CC.CC.CC.CC.CC.CC.CC.c1ccc2c(-c3c4ccccc4c(-c4cccc5ccccc45)c4ccccc34)cccc2c1.c1ccc2cc(-c3c4ccccc4c(-c4ccc5ccccc5c4)c4ccccc34)ccc2c1.c1ccc2cc(-c3c4ccccc4c(-c4cccc5ccccc45)c4ccccc34)ccc2c1. The molecule has 0 fully saturated rings. The van der Waals surface area contributed by atoms with Gasteiger partial charge in [-0.05, 0) is 214 Å². The molecule has 0 N–H and O–H groups in total. The third-order valence-electron chi connectivity index (χ3n) is 21.1. The molecule has 21 aromatic rings. The van der Waals surface area contributed by atoms with E-state index in [0.29, 0.717) is 0 Å². The van der Waals surface area contributed by atoms with E-state index in [2.05, 4.69) is 400 Å². The molecule has 120 heavy (non-hydrogen) atoms. The predicted molar refractivity (Wildman–Crippen MR) is 544 cm³/mol. The van der Waals surface area contributed by atoms with Gasteiger partial charge in [-0.15, -0.1) is 0 Å². The molecule has 21 aromatic carbocycles. The molecule has 0 nitrogen and oxygen atoms in total. The fourth-order valence-corrected chi connectivity index (χ4v) is 16.6. The zero-order chi connectivity index (χ0) is 85.5. The van der Waals surface area contributed by atoms with Crippen LogP contribution in [-0.2, 0) is 0 Å². The molecule has 0 heterocycles. The minimum absolute atomic E-state index is 1.26. The third kappa shape index (κ3) is 18.4. The van der Waals surface area contributed by atoms with Crippen molar-refractivity contribution in [3.8, 4) is 66.8 Å². The van der Waals surface area contributed by atoms with E-state index < -0.39 is 0 Å². The molecule has 0 atom stereocenters. The van der Waals surface area contributed by atoms with Gasteiger partial charge in [0.15, 0.2) is 0 Å². The van der Waals surface area contributed by atoms with Crippen LogP contribution in [0, 0.1) is 0 Å². The van der Waals surface area contributed by atoms with E-state index in [1.807, 2.05) is 125 Å². The maximum Gasteiger partial charge on any atom is -0.00201 e. The fourth-order valence-electron chi connectivity index (χ4n) is 16.6. The highest BCUT2D eigenvalue weighted by Crippen LogP contribution is 2.50. The Kier molecular flexibility index (Phi) is 33.3. The van der Waals surface area contributed by atoms with Crippen LogP contribution in [0.25, 0.3) is 196 Å². The summed E-state index contributed by atoms with van der Waals surface area (Å²) in [7, 11) is 0. The molecule has 0 unspecified atom stereocenters. The molecule has 0 saturated heterocycles. The summed E-state index contributed by atoms with van der Waals surface area (Å²) < 4.78 is 0. The van der Waals surface area contributed by atoms with E-state index in [4.69, 9.17) is 0 Å². The van der Waals surface area contributed by atoms with Crippen LogP contribution in [0.2, 0.25) is 0 Å². The summed E-state index contributed by atoms with van der Waals surface area (Å²) >= 11 is 0. The molecule has 0 heteroatoms. The van der Waals surface area contributed by atoms with Crippen LogP contribution >= 0.6 is 0 Å². The van der Waals surface area contributed by atoms with E-state index in [1.165, 1.54) is 196 Å². The van der Waals surface area contributed by atoms with E-state index in [1.54, 1.807) is 0 Å². The molecular weight excluding hydrogens is 1440 g/mol. The van der Waals surface area contributed by atoms with Crippen molar-refractivity contribution >= 4 is 129 Å². The lowest BCUT2D eigenvalue weighted by molar-refractivity contribution is 1.50. The second-order valence-electron chi connectivity index (χ2n) is 26.8. The lowest BCUT2D eigenvalue weighted by atomic mass is 9.84. The number of rotatable bonds is 6. The minimum atomic E-state index is 1.26. The maximum atomic E-state index is 2.33. The first-order valence-corrected chi connectivity index (χ1v) is 44.4. The third-order valence-corrected chi connectivity index (χ3v) is 21.1. The summed E-state index contributed by atoms with van der Waals surface area (Å²) in [6.45, 7) is 36.0. The molecule has 0 aliphatic rings. The highest BCUT2D eigenvalue weighted by Gasteiger charge is 2.22. The van der Waals surface area contributed by atoms with Gasteiger partial charge in [0.25, 0.3) is 0 Å². The van der Waals surface area contributed by atoms with Gasteiger partial charge < -0.3 is 0 Å². The van der Waals surface area contributed by atoms with Crippen LogP contribution in [0.4, 0.5) is 0 Å². The van der Waals surface area contributed by atoms with Crippen molar-refractivity contribution in [3.63, 3.8) is 0 Å². The average molecular weight is 1560 g/mol. The van der Waals surface area contributed by atoms with Gasteiger partial charge in [-0.1, -0.05) is 507 Å². The summed E-state index contributed by atoms with van der Waals surface area (Å²) in [6.07, 6.45) is 0. The lowest BCUT2D eigenvalue weighted by Crippen LogP contribution is -1.92. The molecule has 0 amide bonds. The van der Waals surface area contributed by atoms with E-state index in [-0.39, 0.29) is 0 Å². The first kappa shape index (κ1) is 89.1. The number of hydrogen-bond donors (Lipinski definition) is 0. The quantitative estimate of drug-likeness (QED) is 0.146. The molecule has 0 spiro atoms. The number of benzene rings is 21. The monoisotopic (exact) mass is 1560 g/mol. The van der Waals surface area contributed by atoms with Crippen molar-refractivity contribution in [3.05, 3.63) is 400 Å². The molecule has 600 valence electrons. The Morgan fingerprint density at radius 2 is 0.242 bits per heavy atom. The van der Waals surface area contributed by atoms with Crippen LogP contribution in [-0.4, -0.2) is 0 Å². The van der Waals surface area contributed by atoms with Crippen molar-refractivity contribution in [2.45, 2.75) is 125 Å². The van der Waals surface area contributed by atoms with Crippen molar-refractivity contribution in [1.82, 2.24) is 0 Å². The highest BCUT2D eigenvalue weighted by atomic mass is 14.3. The molecule has 0 bridgehead atoms. The number of fused-ring (bicyclic) bond motifs is 12. The van der Waals surface area contributed by atoms with E-state index >= 15 is 0 Å². The first-order valence-electron chi connectivity index (χ1n) is 44.4. The minimum Gasteiger partial charge on any atom is -0.0683 e. The Balaban J connectivity index is 0.000000173.